The van der Waals surface area contributed by atoms with E-state index in [-0.39, 0.29) is 4.90 Å². The summed E-state index contributed by atoms with van der Waals surface area (Å²) in [5, 5.41) is 0. The molecule has 0 saturated heterocycles. The third kappa shape index (κ3) is 3.64. The van der Waals surface area contributed by atoms with Crippen molar-refractivity contribution >= 4 is 21.3 Å². The van der Waals surface area contributed by atoms with Gasteiger partial charge in [-0.15, -0.1) is 0 Å². The number of benzene rings is 2. The average molecular weight is 392 g/mol. The fraction of sp³-hybridized carbons (Fsp3) is 0.136. The summed E-state index contributed by atoms with van der Waals surface area (Å²) in [5.74, 6) is 0.691. The normalized spacial score (nSPS) is 15.1. The summed E-state index contributed by atoms with van der Waals surface area (Å²) in [6.07, 6.45) is 3.74. The Morgan fingerprint density at radius 1 is 0.964 bits per heavy atom. The van der Waals surface area contributed by atoms with Crippen LogP contribution >= 0.6 is 0 Å². The molecule has 0 spiro atoms. The fourth-order valence-electron chi connectivity index (χ4n) is 3.18. The molecular formula is C22H20N2O3S. The molecule has 0 aliphatic carbocycles. The molecule has 0 radical (unpaired) electrons. The van der Waals surface area contributed by atoms with Crippen LogP contribution in [0.15, 0.2) is 83.9 Å². The van der Waals surface area contributed by atoms with Crippen molar-refractivity contribution in [1.82, 2.24) is 4.98 Å². The summed E-state index contributed by atoms with van der Waals surface area (Å²) < 4.78 is 34.0. The predicted molar refractivity (Wildman–Crippen MR) is 110 cm³/mol. The average Bonchev–Trinajstić information content (AvgIpc) is 2.68. The molecule has 0 bridgehead atoms. The third-order valence-corrected chi connectivity index (χ3v) is 5.78. The Morgan fingerprint density at radius 2 is 1.71 bits per heavy atom. The second-order valence-corrected chi connectivity index (χ2v) is 8.79. The van der Waals surface area contributed by atoms with Crippen molar-refractivity contribution in [1.29, 1.82) is 0 Å². The number of pyridine rings is 1. The molecule has 0 atom stereocenters. The molecule has 0 saturated carbocycles. The Balaban J connectivity index is 1.76. The van der Waals surface area contributed by atoms with E-state index >= 15 is 0 Å². The number of aromatic nitrogens is 1. The van der Waals surface area contributed by atoms with Crippen molar-refractivity contribution in [2.45, 2.75) is 24.3 Å². The maximum Gasteiger partial charge on any atom is 0.261 e. The minimum absolute atomic E-state index is 0.214. The number of hydrogen-bond donors (Lipinski definition) is 1. The first-order valence-electron chi connectivity index (χ1n) is 8.90. The van der Waals surface area contributed by atoms with Crippen molar-refractivity contribution in [3.8, 4) is 5.75 Å². The molecule has 6 heteroatoms. The number of anilines is 1. The minimum Gasteiger partial charge on any atom is -0.483 e. The van der Waals surface area contributed by atoms with Gasteiger partial charge in [0, 0.05) is 23.0 Å². The third-order valence-electron chi connectivity index (χ3n) is 4.38. The van der Waals surface area contributed by atoms with Crippen molar-refractivity contribution in [2.75, 3.05) is 4.72 Å². The molecule has 4 rings (SSSR count). The van der Waals surface area contributed by atoms with E-state index in [1.54, 1.807) is 54.7 Å². The lowest BCUT2D eigenvalue weighted by molar-refractivity contribution is 0.158. The molecule has 1 aliphatic rings. The van der Waals surface area contributed by atoms with Crippen LogP contribution in [0.5, 0.6) is 5.75 Å². The van der Waals surface area contributed by atoms with E-state index in [0.717, 1.165) is 16.8 Å². The largest absolute Gasteiger partial charge is 0.483 e. The summed E-state index contributed by atoms with van der Waals surface area (Å²) in [6, 6.07) is 19.3. The van der Waals surface area contributed by atoms with Gasteiger partial charge in [-0.2, -0.15) is 0 Å². The zero-order valence-electron chi connectivity index (χ0n) is 15.6. The second-order valence-electron chi connectivity index (χ2n) is 7.11. The van der Waals surface area contributed by atoms with Gasteiger partial charge in [0.25, 0.3) is 10.0 Å². The molecule has 5 nitrogen and oxygen atoms in total. The fourth-order valence-corrected chi connectivity index (χ4v) is 4.25. The number of rotatable bonds is 4. The van der Waals surface area contributed by atoms with Crippen LogP contribution in [0.3, 0.4) is 0 Å². The minimum atomic E-state index is -3.67. The van der Waals surface area contributed by atoms with Gasteiger partial charge in [0.2, 0.25) is 0 Å². The topological polar surface area (TPSA) is 68.3 Å². The highest BCUT2D eigenvalue weighted by molar-refractivity contribution is 7.92. The van der Waals surface area contributed by atoms with Crippen molar-refractivity contribution in [3.05, 3.63) is 90.3 Å². The SMILES string of the molecule is CC1(C)C=C(c2ccccn2)c2cc(NS(=O)(=O)c3ccccc3)ccc2O1. The maximum atomic E-state index is 12.7. The highest BCUT2D eigenvalue weighted by atomic mass is 32.2. The molecule has 3 aromatic rings. The van der Waals surface area contributed by atoms with Gasteiger partial charge in [-0.25, -0.2) is 8.42 Å². The number of fused-ring (bicyclic) bond motifs is 1. The Bertz CT molecular complexity index is 1140. The van der Waals surface area contributed by atoms with E-state index < -0.39 is 15.6 Å². The molecule has 0 unspecified atom stereocenters. The van der Waals surface area contributed by atoms with Gasteiger partial charge in [-0.1, -0.05) is 24.3 Å². The lowest BCUT2D eigenvalue weighted by atomic mass is 9.92. The highest BCUT2D eigenvalue weighted by Gasteiger charge is 2.28. The molecule has 0 fully saturated rings. The molecule has 2 aromatic carbocycles. The summed E-state index contributed by atoms with van der Waals surface area (Å²) in [6.45, 7) is 3.95. The lowest BCUT2D eigenvalue weighted by Gasteiger charge is -2.31. The molecule has 142 valence electrons. The van der Waals surface area contributed by atoms with Crippen LogP contribution in [0.1, 0.15) is 25.1 Å². The Kier molecular flexibility index (Phi) is 4.43. The van der Waals surface area contributed by atoms with Gasteiger partial charge in [0.1, 0.15) is 11.4 Å². The smallest absolute Gasteiger partial charge is 0.261 e. The van der Waals surface area contributed by atoms with Crippen LogP contribution in [0.4, 0.5) is 5.69 Å². The number of hydrogen-bond acceptors (Lipinski definition) is 4. The van der Waals surface area contributed by atoms with E-state index in [0.29, 0.717) is 11.4 Å². The first-order chi connectivity index (χ1) is 13.3. The van der Waals surface area contributed by atoms with Gasteiger partial charge < -0.3 is 4.74 Å². The molecule has 1 aliphatic heterocycles. The standard InChI is InChI=1S/C22H20N2O3S/c1-22(2)15-19(20-10-6-7-13-23-20)18-14-16(11-12-21(18)27-22)24-28(25,26)17-8-4-3-5-9-17/h3-15,24H,1-2H3. The van der Waals surface area contributed by atoms with E-state index in [9.17, 15) is 8.42 Å². The second kappa shape index (κ2) is 6.80. The number of nitrogens with one attached hydrogen (secondary N) is 1. The van der Waals surface area contributed by atoms with Gasteiger partial charge in [-0.05, 0) is 62.4 Å². The van der Waals surface area contributed by atoms with Crippen LogP contribution in [-0.4, -0.2) is 19.0 Å². The van der Waals surface area contributed by atoms with E-state index in [2.05, 4.69) is 9.71 Å². The zero-order chi connectivity index (χ0) is 19.8. The Morgan fingerprint density at radius 3 is 2.43 bits per heavy atom. The summed E-state index contributed by atoms with van der Waals surface area (Å²) in [5.41, 5.74) is 2.49. The first kappa shape index (κ1) is 18.3. The number of nitrogens with zero attached hydrogens (tertiary/aromatic N) is 1. The van der Waals surface area contributed by atoms with Crippen LogP contribution in [-0.2, 0) is 10.0 Å². The van der Waals surface area contributed by atoms with Crippen LogP contribution in [0.25, 0.3) is 5.57 Å². The molecular weight excluding hydrogens is 372 g/mol. The van der Waals surface area contributed by atoms with Crippen molar-refractivity contribution in [3.63, 3.8) is 0 Å². The van der Waals surface area contributed by atoms with Gasteiger partial charge in [0.15, 0.2) is 0 Å². The highest BCUT2D eigenvalue weighted by Crippen LogP contribution is 2.40. The molecule has 1 aromatic heterocycles. The molecule has 0 amide bonds. The van der Waals surface area contributed by atoms with Crippen molar-refractivity contribution in [2.24, 2.45) is 0 Å². The van der Waals surface area contributed by atoms with Gasteiger partial charge in [0.05, 0.1) is 10.6 Å². The quantitative estimate of drug-likeness (QED) is 0.711. The summed E-state index contributed by atoms with van der Waals surface area (Å²) in [4.78, 5) is 4.67. The molecule has 1 N–H and O–H groups in total. The summed E-state index contributed by atoms with van der Waals surface area (Å²) in [7, 11) is -3.67. The monoisotopic (exact) mass is 392 g/mol. The van der Waals surface area contributed by atoms with E-state index in [1.165, 1.54) is 0 Å². The first-order valence-corrected chi connectivity index (χ1v) is 10.4. The van der Waals surface area contributed by atoms with Crippen molar-refractivity contribution < 1.29 is 13.2 Å². The van der Waals surface area contributed by atoms with E-state index in [1.807, 2.05) is 38.1 Å². The maximum absolute atomic E-state index is 12.7. The van der Waals surface area contributed by atoms with Crippen LogP contribution in [0, 0.1) is 0 Å². The van der Waals surface area contributed by atoms with E-state index in [4.69, 9.17) is 4.74 Å². The van der Waals surface area contributed by atoms with Gasteiger partial charge >= 0.3 is 0 Å². The van der Waals surface area contributed by atoms with Crippen LogP contribution < -0.4 is 9.46 Å². The lowest BCUT2D eigenvalue weighted by Crippen LogP contribution is -2.29. The van der Waals surface area contributed by atoms with Gasteiger partial charge in [-0.3, -0.25) is 9.71 Å². The molecule has 28 heavy (non-hydrogen) atoms. The Hall–Kier alpha value is -3.12. The zero-order valence-corrected chi connectivity index (χ0v) is 16.4. The summed E-state index contributed by atoms with van der Waals surface area (Å²) >= 11 is 0. The number of ether oxygens (including phenoxy) is 1. The number of sulfonamides is 1. The molecule has 2 heterocycles. The van der Waals surface area contributed by atoms with Crippen LogP contribution in [0.2, 0.25) is 0 Å². The predicted octanol–water partition coefficient (Wildman–Crippen LogP) is 4.49. The Labute approximate surface area is 164 Å².